The molecule has 1 rings (SSSR count). The molecule has 0 bridgehead atoms. The zero-order valence-corrected chi connectivity index (χ0v) is 14.5. The van der Waals surface area contributed by atoms with Crippen LogP contribution >= 0.6 is 11.6 Å². The van der Waals surface area contributed by atoms with Crippen molar-refractivity contribution < 1.29 is 0 Å². The molecule has 1 aromatic rings. The van der Waals surface area contributed by atoms with Crippen LogP contribution in [0.15, 0.2) is 24.3 Å². The third-order valence-electron chi connectivity index (χ3n) is 4.18. The topological polar surface area (TPSA) is 15.3 Å². The second-order valence-electron chi connectivity index (χ2n) is 6.70. The summed E-state index contributed by atoms with van der Waals surface area (Å²) in [4.78, 5) is 2.40. The fourth-order valence-corrected chi connectivity index (χ4v) is 2.66. The van der Waals surface area contributed by atoms with Crippen molar-refractivity contribution in [2.75, 3.05) is 20.6 Å². The number of hydrogen-bond donors (Lipinski definition) is 1. The molecule has 0 heterocycles. The first kappa shape index (κ1) is 17.5. The van der Waals surface area contributed by atoms with E-state index >= 15 is 0 Å². The van der Waals surface area contributed by atoms with E-state index in [0.29, 0.717) is 17.5 Å². The number of benzene rings is 1. The Bertz CT molecular complexity index is 394. The van der Waals surface area contributed by atoms with Crippen LogP contribution in [0.3, 0.4) is 0 Å². The molecular formula is C17H29ClN2. The summed E-state index contributed by atoms with van der Waals surface area (Å²) in [7, 11) is 4.24. The fourth-order valence-electron chi connectivity index (χ4n) is 2.53. The maximum absolute atomic E-state index is 5.95. The van der Waals surface area contributed by atoms with E-state index in [9.17, 15) is 0 Å². The van der Waals surface area contributed by atoms with Gasteiger partial charge in [-0.2, -0.15) is 0 Å². The van der Waals surface area contributed by atoms with Crippen LogP contribution < -0.4 is 5.32 Å². The van der Waals surface area contributed by atoms with Gasteiger partial charge in [0.05, 0.1) is 0 Å². The van der Waals surface area contributed by atoms with Crippen LogP contribution in [-0.2, 0) is 0 Å². The highest BCUT2D eigenvalue weighted by atomic mass is 35.5. The van der Waals surface area contributed by atoms with E-state index in [1.165, 1.54) is 5.56 Å². The maximum Gasteiger partial charge on any atom is 0.0406 e. The Kier molecular flexibility index (Phi) is 6.50. The standard InChI is InChI=1S/C17H29ClN2/c1-13(14-7-9-15(18)10-8-14)20(6)12-11-16(19-5)17(2,3)4/h7-10,13,16,19H,11-12H2,1-6H3. The monoisotopic (exact) mass is 296 g/mol. The van der Waals surface area contributed by atoms with Crippen LogP contribution in [0.25, 0.3) is 0 Å². The summed E-state index contributed by atoms with van der Waals surface area (Å²) in [6.45, 7) is 10.2. The minimum Gasteiger partial charge on any atom is -0.316 e. The van der Waals surface area contributed by atoms with Crippen molar-refractivity contribution in [1.82, 2.24) is 10.2 Å². The first-order valence-corrected chi connectivity index (χ1v) is 7.76. The second kappa shape index (κ2) is 7.44. The van der Waals surface area contributed by atoms with Crippen molar-refractivity contribution in [1.29, 1.82) is 0 Å². The van der Waals surface area contributed by atoms with Gasteiger partial charge in [0, 0.05) is 17.1 Å². The lowest BCUT2D eigenvalue weighted by molar-refractivity contribution is 0.204. The van der Waals surface area contributed by atoms with E-state index in [0.717, 1.165) is 18.0 Å². The van der Waals surface area contributed by atoms with Crippen molar-refractivity contribution in [3.05, 3.63) is 34.9 Å². The number of nitrogens with one attached hydrogen (secondary N) is 1. The van der Waals surface area contributed by atoms with Gasteiger partial charge in [-0.25, -0.2) is 0 Å². The summed E-state index contributed by atoms with van der Waals surface area (Å²) in [5, 5.41) is 4.24. The Morgan fingerprint density at radius 3 is 2.20 bits per heavy atom. The van der Waals surface area contributed by atoms with Gasteiger partial charge in [0.2, 0.25) is 0 Å². The van der Waals surface area contributed by atoms with Gasteiger partial charge in [-0.05, 0) is 57.1 Å². The number of nitrogens with zero attached hydrogens (tertiary/aromatic N) is 1. The van der Waals surface area contributed by atoms with Crippen LogP contribution in [0.5, 0.6) is 0 Å². The number of hydrogen-bond acceptors (Lipinski definition) is 2. The summed E-state index contributed by atoms with van der Waals surface area (Å²) in [5.74, 6) is 0. The first-order chi connectivity index (χ1) is 9.25. The number of rotatable bonds is 6. The van der Waals surface area contributed by atoms with Gasteiger partial charge in [0.15, 0.2) is 0 Å². The average molecular weight is 297 g/mol. The first-order valence-electron chi connectivity index (χ1n) is 7.38. The maximum atomic E-state index is 5.95. The van der Waals surface area contributed by atoms with Gasteiger partial charge in [-0.15, -0.1) is 0 Å². The second-order valence-corrected chi connectivity index (χ2v) is 7.14. The molecule has 1 aromatic carbocycles. The third-order valence-corrected chi connectivity index (χ3v) is 4.43. The average Bonchev–Trinajstić information content (AvgIpc) is 2.37. The predicted octanol–water partition coefficient (Wildman–Crippen LogP) is 4.36. The molecule has 0 spiro atoms. The molecule has 0 aliphatic carbocycles. The summed E-state index contributed by atoms with van der Waals surface area (Å²) < 4.78 is 0. The van der Waals surface area contributed by atoms with Gasteiger partial charge in [-0.3, -0.25) is 4.90 Å². The smallest absolute Gasteiger partial charge is 0.0406 e. The van der Waals surface area contributed by atoms with Crippen molar-refractivity contribution in [2.45, 2.75) is 46.2 Å². The molecular weight excluding hydrogens is 268 g/mol. The minimum absolute atomic E-state index is 0.291. The molecule has 0 saturated carbocycles. The van der Waals surface area contributed by atoms with E-state index in [-0.39, 0.29) is 0 Å². The van der Waals surface area contributed by atoms with E-state index in [2.05, 4.69) is 64.1 Å². The molecule has 0 aliphatic heterocycles. The highest BCUT2D eigenvalue weighted by molar-refractivity contribution is 6.30. The van der Waals surface area contributed by atoms with Crippen LogP contribution in [0.1, 0.15) is 45.7 Å². The van der Waals surface area contributed by atoms with E-state index in [1.54, 1.807) is 0 Å². The zero-order chi connectivity index (χ0) is 15.3. The molecule has 114 valence electrons. The molecule has 0 aromatic heterocycles. The van der Waals surface area contributed by atoms with Crippen molar-refractivity contribution in [3.63, 3.8) is 0 Å². The Balaban J connectivity index is 2.57. The molecule has 0 saturated heterocycles. The lowest BCUT2D eigenvalue weighted by atomic mass is 9.84. The molecule has 3 heteroatoms. The molecule has 0 fully saturated rings. The summed E-state index contributed by atoms with van der Waals surface area (Å²) in [6.07, 6.45) is 1.15. The van der Waals surface area contributed by atoms with Crippen molar-refractivity contribution in [3.8, 4) is 0 Å². The highest BCUT2D eigenvalue weighted by Crippen LogP contribution is 2.24. The Labute approximate surface area is 129 Å². The molecule has 0 amide bonds. The van der Waals surface area contributed by atoms with Gasteiger partial charge in [0.25, 0.3) is 0 Å². The lowest BCUT2D eigenvalue weighted by Gasteiger charge is -2.33. The van der Waals surface area contributed by atoms with Gasteiger partial charge < -0.3 is 5.32 Å². The van der Waals surface area contributed by atoms with Crippen molar-refractivity contribution in [2.24, 2.45) is 5.41 Å². The minimum atomic E-state index is 0.291. The molecule has 2 nitrogen and oxygen atoms in total. The molecule has 1 N–H and O–H groups in total. The molecule has 0 radical (unpaired) electrons. The Morgan fingerprint density at radius 2 is 1.75 bits per heavy atom. The quantitative estimate of drug-likeness (QED) is 0.839. The van der Waals surface area contributed by atoms with Crippen LogP contribution in [0, 0.1) is 5.41 Å². The lowest BCUT2D eigenvalue weighted by Crippen LogP contribution is -2.40. The Hall–Kier alpha value is -0.570. The highest BCUT2D eigenvalue weighted by Gasteiger charge is 2.23. The summed E-state index contributed by atoms with van der Waals surface area (Å²) in [5.41, 5.74) is 1.60. The predicted molar refractivity (Wildman–Crippen MR) is 89.4 cm³/mol. The SMILES string of the molecule is CNC(CCN(C)C(C)c1ccc(Cl)cc1)C(C)(C)C. The molecule has 2 atom stereocenters. The summed E-state index contributed by atoms with van der Waals surface area (Å²) in [6, 6.07) is 9.10. The fraction of sp³-hybridized carbons (Fsp3) is 0.647. The van der Waals surface area contributed by atoms with Gasteiger partial charge in [0.1, 0.15) is 0 Å². The number of halogens is 1. The largest absolute Gasteiger partial charge is 0.316 e. The van der Waals surface area contributed by atoms with Crippen LogP contribution in [-0.4, -0.2) is 31.6 Å². The van der Waals surface area contributed by atoms with Gasteiger partial charge in [-0.1, -0.05) is 44.5 Å². The molecule has 2 unspecified atom stereocenters. The summed E-state index contributed by atoms with van der Waals surface area (Å²) >= 11 is 5.95. The van der Waals surface area contributed by atoms with Crippen LogP contribution in [0.2, 0.25) is 5.02 Å². The normalized spacial score (nSPS) is 15.4. The van der Waals surface area contributed by atoms with Crippen molar-refractivity contribution >= 4 is 11.6 Å². The van der Waals surface area contributed by atoms with Gasteiger partial charge >= 0.3 is 0 Å². The molecule has 0 aliphatic rings. The zero-order valence-electron chi connectivity index (χ0n) is 13.7. The van der Waals surface area contributed by atoms with E-state index < -0.39 is 0 Å². The van der Waals surface area contributed by atoms with E-state index in [1.807, 2.05) is 12.1 Å². The van der Waals surface area contributed by atoms with E-state index in [4.69, 9.17) is 11.6 Å². The molecule has 20 heavy (non-hydrogen) atoms. The Morgan fingerprint density at radius 1 is 1.20 bits per heavy atom. The third kappa shape index (κ3) is 5.08. The van der Waals surface area contributed by atoms with Crippen LogP contribution in [0.4, 0.5) is 0 Å².